The number of hydrogen-bond donors (Lipinski definition) is 1. The van der Waals surface area contributed by atoms with E-state index >= 15 is 0 Å². The van der Waals surface area contributed by atoms with Crippen molar-refractivity contribution < 1.29 is 9.53 Å². The average molecular weight is 250 g/mol. The number of carbonyl (C=O) groups is 1. The molecule has 2 aromatic carbocycles. The normalized spacial score (nSPS) is 10.2. The van der Waals surface area contributed by atoms with Crippen molar-refractivity contribution in [2.24, 2.45) is 0 Å². The van der Waals surface area contributed by atoms with Crippen LogP contribution < -0.4 is 5.32 Å². The van der Waals surface area contributed by atoms with Crippen LogP contribution in [0, 0.1) is 0 Å². The van der Waals surface area contributed by atoms with E-state index in [1.165, 1.54) is 0 Å². The summed E-state index contributed by atoms with van der Waals surface area (Å²) in [6.45, 7) is 0.207. The summed E-state index contributed by atoms with van der Waals surface area (Å²) >= 11 is 5.44. The zero-order valence-electron chi connectivity index (χ0n) is 9.15. The maximum Gasteiger partial charge on any atom is 0.411 e. The molecule has 0 aliphatic heterocycles. The molecule has 0 atom stereocenters. The standard InChI is InChI=1S/C13H12ClNO2/c14-8-9-17-13(16)15-12-7-3-5-10-4-1-2-6-11(10)12/h1-7H,8-9H2,(H,15,16). The average Bonchev–Trinajstić information content (AvgIpc) is 2.37. The molecular formula is C13H12ClNO2. The van der Waals surface area contributed by atoms with Gasteiger partial charge in [-0.2, -0.15) is 0 Å². The van der Waals surface area contributed by atoms with Crippen LogP contribution in [0.2, 0.25) is 0 Å². The SMILES string of the molecule is O=C(Nc1cccc2ccccc12)OCCCl. The Morgan fingerprint density at radius 3 is 2.76 bits per heavy atom. The first-order chi connectivity index (χ1) is 8.31. The van der Waals surface area contributed by atoms with Gasteiger partial charge in [-0.15, -0.1) is 11.6 Å². The fourth-order valence-corrected chi connectivity index (χ4v) is 1.69. The minimum atomic E-state index is -0.484. The van der Waals surface area contributed by atoms with Crippen molar-refractivity contribution in [2.45, 2.75) is 0 Å². The van der Waals surface area contributed by atoms with Crippen LogP contribution >= 0.6 is 11.6 Å². The maximum atomic E-state index is 11.4. The molecule has 0 unspecified atom stereocenters. The van der Waals surface area contributed by atoms with Crippen molar-refractivity contribution >= 4 is 34.2 Å². The molecule has 0 saturated carbocycles. The molecule has 0 spiro atoms. The third-order valence-electron chi connectivity index (χ3n) is 2.34. The first-order valence-corrected chi connectivity index (χ1v) is 5.82. The second kappa shape index (κ2) is 5.55. The van der Waals surface area contributed by atoms with Crippen LogP contribution in [-0.2, 0) is 4.74 Å². The van der Waals surface area contributed by atoms with Gasteiger partial charge in [0.25, 0.3) is 0 Å². The summed E-state index contributed by atoms with van der Waals surface area (Å²) in [5.74, 6) is 0.295. The third kappa shape index (κ3) is 2.88. The van der Waals surface area contributed by atoms with Crippen molar-refractivity contribution in [3.8, 4) is 0 Å². The van der Waals surface area contributed by atoms with E-state index in [1.807, 2.05) is 42.5 Å². The van der Waals surface area contributed by atoms with Crippen LogP contribution in [-0.4, -0.2) is 18.6 Å². The molecule has 0 bridgehead atoms. The van der Waals surface area contributed by atoms with Gasteiger partial charge in [-0.25, -0.2) is 4.79 Å². The van der Waals surface area contributed by atoms with Gasteiger partial charge in [0.05, 0.1) is 11.6 Å². The van der Waals surface area contributed by atoms with Gasteiger partial charge < -0.3 is 4.74 Å². The molecule has 17 heavy (non-hydrogen) atoms. The van der Waals surface area contributed by atoms with E-state index in [2.05, 4.69) is 5.32 Å². The van der Waals surface area contributed by atoms with Crippen LogP contribution in [0.15, 0.2) is 42.5 Å². The quantitative estimate of drug-likeness (QED) is 0.844. The Bertz CT molecular complexity index is 522. The molecule has 4 heteroatoms. The molecule has 0 radical (unpaired) electrons. The van der Waals surface area contributed by atoms with Crippen molar-refractivity contribution in [3.63, 3.8) is 0 Å². The molecule has 0 aliphatic carbocycles. The Labute approximate surface area is 104 Å². The molecule has 0 aliphatic rings. The smallest absolute Gasteiger partial charge is 0.411 e. The van der Waals surface area contributed by atoms with Crippen molar-refractivity contribution in [2.75, 3.05) is 17.8 Å². The molecule has 0 aromatic heterocycles. The Balaban J connectivity index is 2.21. The van der Waals surface area contributed by atoms with Crippen molar-refractivity contribution in [3.05, 3.63) is 42.5 Å². The lowest BCUT2D eigenvalue weighted by molar-refractivity contribution is 0.168. The van der Waals surface area contributed by atoms with Crippen LogP contribution in [0.1, 0.15) is 0 Å². The highest BCUT2D eigenvalue weighted by atomic mass is 35.5. The first-order valence-electron chi connectivity index (χ1n) is 5.29. The lowest BCUT2D eigenvalue weighted by atomic mass is 10.1. The zero-order valence-corrected chi connectivity index (χ0v) is 9.91. The van der Waals surface area contributed by atoms with E-state index in [4.69, 9.17) is 16.3 Å². The molecule has 1 N–H and O–H groups in total. The number of fused-ring (bicyclic) bond motifs is 1. The van der Waals surface area contributed by atoms with Gasteiger partial charge >= 0.3 is 6.09 Å². The molecule has 0 fully saturated rings. The number of rotatable bonds is 3. The first kappa shape index (κ1) is 11.7. The number of anilines is 1. The summed E-state index contributed by atoms with van der Waals surface area (Å²) in [7, 11) is 0. The molecular weight excluding hydrogens is 238 g/mol. The number of halogens is 1. The van der Waals surface area contributed by atoms with Gasteiger partial charge in [0.1, 0.15) is 6.61 Å². The van der Waals surface area contributed by atoms with Gasteiger partial charge in [-0.3, -0.25) is 5.32 Å². The fourth-order valence-electron chi connectivity index (χ4n) is 1.61. The summed E-state index contributed by atoms with van der Waals surface area (Å²) in [6, 6.07) is 13.5. The summed E-state index contributed by atoms with van der Waals surface area (Å²) in [4.78, 5) is 11.4. The summed E-state index contributed by atoms with van der Waals surface area (Å²) in [6.07, 6.45) is -0.484. The maximum absolute atomic E-state index is 11.4. The van der Waals surface area contributed by atoms with Gasteiger partial charge in [0.2, 0.25) is 0 Å². The van der Waals surface area contributed by atoms with E-state index < -0.39 is 6.09 Å². The topological polar surface area (TPSA) is 38.3 Å². The largest absolute Gasteiger partial charge is 0.448 e. The molecule has 88 valence electrons. The summed E-state index contributed by atoms with van der Waals surface area (Å²) < 4.78 is 4.86. The molecule has 1 amide bonds. The monoisotopic (exact) mass is 249 g/mol. The van der Waals surface area contributed by atoms with E-state index in [-0.39, 0.29) is 6.61 Å². The highest BCUT2D eigenvalue weighted by molar-refractivity contribution is 6.18. The molecule has 0 saturated heterocycles. The number of ether oxygens (including phenoxy) is 1. The van der Waals surface area contributed by atoms with Crippen LogP contribution in [0.25, 0.3) is 10.8 Å². The zero-order chi connectivity index (χ0) is 12.1. The summed E-state index contributed by atoms with van der Waals surface area (Å²) in [5.41, 5.74) is 0.739. The van der Waals surface area contributed by atoms with Crippen LogP contribution in [0.4, 0.5) is 10.5 Å². The minimum Gasteiger partial charge on any atom is -0.448 e. The number of hydrogen-bond acceptors (Lipinski definition) is 2. The van der Waals surface area contributed by atoms with E-state index in [9.17, 15) is 4.79 Å². The minimum absolute atomic E-state index is 0.207. The van der Waals surface area contributed by atoms with E-state index in [0.717, 1.165) is 16.5 Å². The molecule has 2 aromatic rings. The number of nitrogens with one attached hydrogen (secondary N) is 1. The number of benzene rings is 2. The van der Waals surface area contributed by atoms with Crippen molar-refractivity contribution in [1.82, 2.24) is 0 Å². The predicted octanol–water partition coefficient (Wildman–Crippen LogP) is 3.63. The van der Waals surface area contributed by atoms with Gasteiger partial charge in [0.15, 0.2) is 0 Å². The Morgan fingerprint density at radius 2 is 1.94 bits per heavy atom. The second-order valence-corrected chi connectivity index (χ2v) is 3.85. The lowest BCUT2D eigenvalue weighted by Gasteiger charge is -2.08. The van der Waals surface area contributed by atoms with Gasteiger partial charge in [-0.1, -0.05) is 36.4 Å². The lowest BCUT2D eigenvalue weighted by Crippen LogP contribution is -2.15. The molecule has 2 rings (SSSR count). The third-order valence-corrected chi connectivity index (χ3v) is 2.49. The number of carbonyl (C=O) groups excluding carboxylic acids is 1. The second-order valence-electron chi connectivity index (χ2n) is 3.48. The Kier molecular flexibility index (Phi) is 3.83. The van der Waals surface area contributed by atoms with Crippen LogP contribution in [0.5, 0.6) is 0 Å². The number of amides is 1. The predicted molar refractivity (Wildman–Crippen MR) is 69.6 cm³/mol. The summed E-state index contributed by atoms with van der Waals surface area (Å²) in [5, 5.41) is 4.76. The van der Waals surface area contributed by atoms with E-state index in [1.54, 1.807) is 0 Å². The molecule has 0 heterocycles. The Hall–Kier alpha value is -1.74. The van der Waals surface area contributed by atoms with Gasteiger partial charge in [0, 0.05) is 5.39 Å². The highest BCUT2D eigenvalue weighted by Gasteiger charge is 2.05. The number of alkyl halides is 1. The fraction of sp³-hybridized carbons (Fsp3) is 0.154. The van der Waals surface area contributed by atoms with E-state index in [0.29, 0.717) is 5.88 Å². The van der Waals surface area contributed by atoms with Crippen molar-refractivity contribution in [1.29, 1.82) is 0 Å². The van der Waals surface area contributed by atoms with Crippen LogP contribution in [0.3, 0.4) is 0 Å². The molecule has 3 nitrogen and oxygen atoms in total. The highest BCUT2D eigenvalue weighted by Crippen LogP contribution is 2.22. The Morgan fingerprint density at radius 1 is 1.18 bits per heavy atom. The van der Waals surface area contributed by atoms with Gasteiger partial charge in [-0.05, 0) is 11.5 Å².